The first-order valence-corrected chi connectivity index (χ1v) is 9.88. The van der Waals surface area contributed by atoms with Crippen molar-refractivity contribution in [3.63, 3.8) is 0 Å². The van der Waals surface area contributed by atoms with Gasteiger partial charge in [-0.25, -0.2) is 8.42 Å². The van der Waals surface area contributed by atoms with Crippen molar-refractivity contribution >= 4 is 27.3 Å². The quantitative estimate of drug-likeness (QED) is 0.725. The van der Waals surface area contributed by atoms with Crippen LogP contribution in [-0.2, 0) is 10.0 Å². The maximum atomic E-state index is 12.5. The number of anilines is 2. The standard InChI is InChI=1S/C21H20N2O3S/c1-16-8-14-20(15-9-16)27(25,26)22-18-10-12-19(13-11-18)23(2)21(24)17-6-4-3-5-7-17/h3-15,22H,1-2H3. The van der Waals surface area contributed by atoms with Crippen LogP contribution in [0.3, 0.4) is 0 Å². The topological polar surface area (TPSA) is 66.5 Å². The lowest BCUT2D eigenvalue weighted by atomic mass is 10.2. The minimum absolute atomic E-state index is 0.136. The predicted molar refractivity (Wildman–Crippen MR) is 108 cm³/mol. The van der Waals surface area contributed by atoms with Crippen LogP contribution in [-0.4, -0.2) is 21.4 Å². The largest absolute Gasteiger partial charge is 0.311 e. The molecule has 0 heterocycles. The zero-order chi connectivity index (χ0) is 19.4. The lowest BCUT2D eigenvalue weighted by Crippen LogP contribution is -2.26. The van der Waals surface area contributed by atoms with E-state index in [1.807, 2.05) is 25.1 Å². The fourth-order valence-corrected chi connectivity index (χ4v) is 3.63. The molecular formula is C21H20N2O3S. The molecule has 0 aliphatic carbocycles. The van der Waals surface area contributed by atoms with Crippen LogP contribution in [0, 0.1) is 6.92 Å². The lowest BCUT2D eigenvalue weighted by molar-refractivity contribution is 0.0993. The van der Waals surface area contributed by atoms with Gasteiger partial charge in [-0.05, 0) is 55.5 Å². The zero-order valence-electron chi connectivity index (χ0n) is 15.1. The third kappa shape index (κ3) is 4.35. The minimum Gasteiger partial charge on any atom is -0.311 e. The van der Waals surface area contributed by atoms with E-state index in [1.54, 1.807) is 67.7 Å². The van der Waals surface area contributed by atoms with Crippen molar-refractivity contribution in [2.75, 3.05) is 16.7 Å². The highest BCUT2D eigenvalue weighted by Gasteiger charge is 2.15. The van der Waals surface area contributed by atoms with Crippen LogP contribution >= 0.6 is 0 Å². The normalized spacial score (nSPS) is 11.0. The third-order valence-electron chi connectivity index (χ3n) is 4.16. The van der Waals surface area contributed by atoms with E-state index in [0.717, 1.165) is 5.56 Å². The fourth-order valence-electron chi connectivity index (χ4n) is 2.58. The average Bonchev–Trinajstić information content (AvgIpc) is 2.68. The second kappa shape index (κ2) is 7.63. The number of hydrogen-bond acceptors (Lipinski definition) is 3. The summed E-state index contributed by atoms with van der Waals surface area (Å²) >= 11 is 0. The van der Waals surface area contributed by atoms with E-state index in [2.05, 4.69) is 4.72 Å². The van der Waals surface area contributed by atoms with Gasteiger partial charge in [0.25, 0.3) is 15.9 Å². The van der Waals surface area contributed by atoms with Gasteiger partial charge in [0.2, 0.25) is 0 Å². The molecule has 0 saturated carbocycles. The Morgan fingerprint density at radius 1 is 0.852 bits per heavy atom. The number of sulfonamides is 1. The number of carbonyl (C=O) groups excluding carboxylic acids is 1. The van der Waals surface area contributed by atoms with Crippen LogP contribution in [0.2, 0.25) is 0 Å². The van der Waals surface area contributed by atoms with Crippen molar-refractivity contribution in [1.29, 1.82) is 0 Å². The monoisotopic (exact) mass is 380 g/mol. The Morgan fingerprint density at radius 2 is 1.44 bits per heavy atom. The van der Waals surface area contributed by atoms with E-state index in [0.29, 0.717) is 16.9 Å². The number of nitrogens with zero attached hydrogens (tertiary/aromatic N) is 1. The maximum Gasteiger partial charge on any atom is 0.261 e. The Balaban J connectivity index is 1.75. The smallest absolute Gasteiger partial charge is 0.261 e. The highest BCUT2D eigenvalue weighted by atomic mass is 32.2. The summed E-state index contributed by atoms with van der Waals surface area (Å²) in [6, 6.07) is 22.3. The van der Waals surface area contributed by atoms with E-state index in [4.69, 9.17) is 0 Å². The summed E-state index contributed by atoms with van der Waals surface area (Å²) in [6.07, 6.45) is 0. The van der Waals surface area contributed by atoms with Crippen molar-refractivity contribution in [3.8, 4) is 0 Å². The number of hydrogen-bond donors (Lipinski definition) is 1. The highest BCUT2D eigenvalue weighted by Crippen LogP contribution is 2.21. The summed E-state index contributed by atoms with van der Waals surface area (Å²) < 4.78 is 27.4. The molecule has 0 fully saturated rings. The molecule has 0 atom stereocenters. The summed E-state index contributed by atoms with van der Waals surface area (Å²) in [5.74, 6) is -0.136. The summed E-state index contributed by atoms with van der Waals surface area (Å²) in [5.41, 5.74) is 2.68. The lowest BCUT2D eigenvalue weighted by Gasteiger charge is -2.18. The molecule has 5 nitrogen and oxygen atoms in total. The van der Waals surface area contributed by atoms with Crippen molar-refractivity contribution in [2.45, 2.75) is 11.8 Å². The second-order valence-corrected chi connectivity index (χ2v) is 7.88. The first-order chi connectivity index (χ1) is 12.9. The number of nitrogens with one attached hydrogen (secondary N) is 1. The molecule has 6 heteroatoms. The predicted octanol–water partition coefficient (Wildman–Crippen LogP) is 4.07. The molecule has 1 amide bonds. The average molecular weight is 380 g/mol. The molecule has 0 radical (unpaired) electrons. The van der Waals surface area contributed by atoms with E-state index in [9.17, 15) is 13.2 Å². The van der Waals surface area contributed by atoms with Crippen LogP contribution in [0.1, 0.15) is 15.9 Å². The molecule has 3 aromatic carbocycles. The van der Waals surface area contributed by atoms with E-state index in [1.165, 1.54) is 4.90 Å². The van der Waals surface area contributed by atoms with Crippen molar-refractivity contribution in [3.05, 3.63) is 90.0 Å². The van der Waals surface area contributed by atoms with Gasteiger partial charge < -0.3 is 4.90 Å². The first kappa shape index (κ1) is 18.7. The number of aryl methyl sites for hydroxylation is 1. The molecule has 0 spiro atoms. The van der Waals surface area contributed by atoms with E-state index < -0.39 is 10.0 Å². The second-order valence-electron chi connectivity index (χ2n) is 6.20. The van der Waals surface area contributed by atoms with Gasteiger partial charge in [0.1, 0.15) is 0 Å². The van der Waals surface area contributed by atoms with Gasteiger partial charge in [0.05, 0.1) is 4.90 Å². The van der Waals surface area contributed by atoms with Gasteiger partial charge in [-0.3, -0.25) is 9.52 Å². The molecule has 0 saturated heterocycles. The maximum absolute atomic E-state index is 12.5. The van der Waals surface area contributed by atoms with Gasteiger partial charge in [-0.1, -0.05) is 35.9 Å². The molecule has 1 N–H and O–H groups in total. The first-order valence-electron chi connectivity index (χ1n) is 8.39. The van der Waals surface area contributed by atoms with Gasteiger partial charge >= 0.3 is 0 Å². The molecule has 138 valence electrons. The Morgan fingerprint density at radius 3 is 2.04 bits per heavy atom. The van der Waals surface area contributed by atoms with Gasteiger partial charge in [0.15, 0.2) is 0 Å². The van der Waals surface area contributed by atoms with Crippen molar-refractivity contribution < 1.29 is 13.2 Å². The number of benzene rings is 3. The Labute approximate surface area is 159 Å². The fraction of sp³-hybridized carbons (Fsp3) is 0.0952. The van der Waals surface area contributed by atoms with Gasteiger partial charge in [0, 0.05) is 24.0 Å². The third-order valence-corrected chi connectivity index (χ3v) is 5.56. The Kier molecular flexibility index (Phi) is 5.28. The van der Waals surface area contributed by atoms with Gasteiger partial charge in [-0.2, -0.15) is 0 Å². The Hall–Kier alpha value is -3.12. The molecular weight excluding hydrogens is 360 g/mol. The summed E-state index contributed by atoms with van der Waals surface area (Å²) in [5, 5.41) is 0. The SMILES string of the molecule is Cc1ccc(S(=O)(=O)Nc2ccc(N(C)C(=O)c3ccccc3)cc2)cc1. The minimum atomic E-state index is -3.65. The molecule has 0 unspecified atom stereocenters. The summed E-state index contributed by atoms with van der Waals surface area (Å²) in [6.45, 7) is 1.90. The van der Waals surface area contributed by atoms with Crippen LogP contribution in [0.25, 0.3) is 0 Å². The van der Waals surface area contributed by atoms with Crippen LogP contribution in [0.15, 0.2) is 83.8 Å². The molecule has 0 bridgehead atoms. The van der Waals surface area contributed by atoms with Gasteiger partial charge in [-0.15, -0.1) is 0 Å². The van der Waals surface area contributed by atoms with E-state index >= 15 is 0 Å². The van der Waals surface area contributed by atoms with Crippen LogP contribution in [0.4, 0.5) is 11.4 Å². The van der Waals surface area contributed by atoms with Crippen molar-refractivity contribution in [2.24, 2.45) is 0 Å². The summed E-state index contributed by atoms with van der Waals surface area (Å²) in [4.78, 5) is 14.2. The number of amides is 1. The van der Waals surface area contributed by atoms with Crippen molar-refractivity contribution in [1.82, 2.24) is 0 Å². The number of carbonyl (C=O) groups is 1. The molecule has 0 aromatic heterocycles. The zero-order valence-corrected chi connectivity index (χ0v) is 15.9. The number of rotatable bonds is 5. The van der Waals surface area contributed by atoms with Crippen LogP contribution in [0.5, 0.6) is 0 Å². The molecule has 0 aliphatic heterocycles. The Bertz CT molecular complexity index is 1030. The highest BCUT2D eigenvalue weighted by molar-refractivity contribution is 7.92. The van der Waals surface area contributed by atoms with Crippen LogP contribution < -0.4 is 9.62 Å². The molecule has 3 rings (SSSR count). The molecule has 3 aromatic rings. The van der Waals surface area contributed by atoms with E-state index in [-0.39, 0.29) is 10.8 Å². The molecule has 0 aliphatic rings. The molecule has 27 heavy (non-hydrogen) atoms. The summed E-state index contributed by atoms with van der Waals surface area (Å²) in [7, 11) is -1.97.